The number of imidazole rings is 1. The molecule has 0 saturated carbocycles. The van der Waals surface area contributed by atoms with E-state index < -0.39 is 0 Å². The average Bonchev–Trinajstić information content (AvgIpc) is 2.75. The molecule has 96 valence electrons. The third kappa shape index (κ3) is 3.26. The molecule has 1 unspecified atom stereocenters. The van der Waals surface area contributed by atoms with Crippen molar-refractivity contribution in [2.75, 3.05) is 5.32 Å². The Kier molecular flexibility index (Phi) is 3.87. The number of nitrogens with zero attached hydrogens (tertiary/aromatic N) is 1. The molecule has 2 N–H and O–H groups in total. The summed E-state index contributed by atoms with van der Waals surface area (Å²) in [7, 11) is 0. The highest BCUT2D eigenvalue weighted by Gasteiger charge is 2.03. The maximum atomic E-state index is 5.78. The minimum atomic E-state index is 0.228. The van der Waals surface area contributed by atoms with Crippen LogP contribution in [0.2, 0.25) is 0 Å². The zero-order valence-corrected chi connectivity index (χ0v) is 11.0. The predicted molar refractivity (Wildman–Crippen MR) is 73.4 cm³/mol. The molecule has 18 heavy (non-hydrogen) atoms. The van der Waals surface area contributed by atoms with Crippen LogP contribution < -0.4 is 10.1 Å². The van der Waals surface area contributed by atoms with Gasteiger partial charge >= 0.3 is 0 Å². The molecule has 4 heteroatoms. The lowest BCUT2D eigenvalue weighted by Crippen LogP contribution is -2.09. The highest BCUT2D eigenvalue weighted by Crippen LogP contribution is 2.21. The van der Waals surface area contributed by atoms with Gasteiger partial charge in [0.15, 0.2) is 0 Å². The molecular formula is C14H19N3O. The van der Waals surface area contributed by atoms with Crippen molar-refractivity contribution < 1.29 is 4.74 Å². The number of ether oxygens (including phenoxy) is 1. The maximum Gasteiger partial charge on any atom is 0.204 e. The van der Waals surface area contributed by atoms with Gasteiger partial charge in [-0.05, 0) is 32.4 Å². The van der Waals surface area contributed by atoms with Crippen LogP contribution in [-0.4, -0.2) is 16.1 Å². The Labute approximate surface area is 107 Å². The van der Waals surface area contributed by atoms with Crippen LogP contribution in [0.3, 0.4) is 0 Å². The van der Waals surface area contributed by atoms with Crippen LogP contribution in [0.15, 0.2) is 30.5 Å². The van der Waals surface area contributed by atoms with Gasteiger partial charge in [0.2, 0.25) is 5.95 Å². The van der Waals surface area contributed by atoms with Gasteiger partial charge in [-0.3, -0.25) is 0 Å². The first-order valence-corrected chi connectivity index (χ1v) is 6.22. The van der Waals surface area contributed by atoms with Gasteiger partial charge in [-0.25, -0.2) is 4.98 Å². The number of aryl methyl sites for hydroxylation is 1. The third-order valence-electron chi connectivity index (χ3n) is 2.71. The van der Waals surface area contributed by atoms with E-state index in [1.165, 1.54) is 0 Å². The van der Waals surface area contributed by atoms with Crippen molar-refractivity contribution in [3.8, 4) is 5.75 Å². The molecule has 0 fully saturated rings. The molecule has 1 atom stereocenters. The van der Waals surface area contributed by atoms with Crippen LogP contribution in [0.4, 0.5) is 11.6 Å². The van der Waals surface area contributed by atoms with Crippen molar-refractivity contribution in [1.29, 1.82) is 0 Å². The molecule has 4 nitrogen and oxygen atoms in total. The van der Waals surface area contributed by atoms with Crippen molar-refractivity contribution in [3.63, 3.8) is 0 Å². The van der Waals surface area contributed by atoms with E-state index in [1.807, 2.05) is 31.2 Å². The zero-order valence-electron chi connectivity index (χ0n) is 11.0. The Morgan fingerprint density at radius 1 is 1.44 bits per heavy atom. The van der Waals surface area contributed by atoms with Gasteiger partial charge in [-0.2, -0.15) is 0 Å². The number of H-pyrrole nitrogens is 1. The Hall–Kier alpha value is -1.97. The monoisotopic (exact) mass is 245 g/mol. The fraction of sp³-hybridized carbons (Fsp3) is 0.357. The number of nitrogens with one attached hydrogen (secondary N) is 2. The number of anilines is 2. The molecule has 0 bridgehead atoms. The van der Waals surface area contributed by atoms with E-state index in [-0.39, 0.29) is 6.10 Å². The average molecular weight is 245 g/mol. The van der Waals surface area contributed by atoms with E-state index in [0.29, 0.717) is 0 Å². The molecule has 1 heterocycles. The second-order valence-electron chi connectivity index (χ2n) is 4.40. The summed E-state index contributed by atoms with van der Waals surface area (Å²) in [5.74, 6) is 1.62. The molecule has 0 saturated heterocycles. The first kappa shape index (κ1) is 12.5. The minimum Gasteiger partial charge on any atom is -0.491 e. The highest BCUT2D eigenvalue weighted by molar-refractivity contribution is 5.55. The Morgan fingerprint density at radius 3 is 2.94 bits per heavy atom. The summed E-state index contributed by atoms with van der Waals surface area (Å²) in [6.07, 6.45) is 3.02. The quantitative estimate of drug-likeness (QED) is 0.845. The number of rotatable bonds is 5. The van der Waals surface area contributed by atoms with E-state index in [4.69, 9.17) is 4.74 Å². The van der Waals surface area contributed by atoms with Gasteiger partial charge in [0.1, 0.15) is 5.75 Å². The molecule has 0 aliphatic rings. The molecule has 0 spiro atoms. The summed E-state index contributed by atoms with van der Waals surface area (Å²) in [5, 5.41) is 3.21. The first-order chi connectivity index (χ1) is 8.67. The molecule has 2 rings (SSSR count). The van der Waals surface area contributed by atoms with Crippen molar-refractivity contribution >= 4 is 11.6 Å². The second kappa shape index (κ2) is 5.58. The lowest BCUT2D eigenvalue weighted by Gasteiger charge is -2.13. The molecule has 1 aromatic carbocycles. The molecule has 1 aromatic heterocycles. The van der Waals surface area contributed by atoms with Gasteiger partial charge in [0, 0.05) is 23.6 Å². The minimum absolute atomic E-state index is 0.228. The predicted octanol–water partition coefficient (Wildman–Crippen LogP) is 3.64. The van der Waals surface area contributed by atoms with E-state index in [1.54, 1.807) is 6.20 Å². The largest absolute Gasteiger partial charge is 0.491 e. The van der Waals surface area contributed by atoms with Crippen LogP contribution >= 0.6 is 0 Å². The van der Waals surface area contributed by atoms with Crippen molar-refractivity contribution in [2.24, 2.45) is 0 Å². The van der Waals surface area contributed by atoms with Crippen LogP contribution in [0.1, 0.15) is 26.0 Å². The van der Waals surface area contributed by atoms with Crippen LogP contribution in [0.25, 0.3) is 0 Å². The smallest absolute Gasteiger partial charge is 0.204 e. The van der Waals surface area contributed by atoms with Gasteiger partial charge in [0.05, 0.1) is 6.10 Å². The first-order valence-electron chi connectivity index (χ1n) is 6.22. The topological polar surface area (TPSA) is 49.9 Å². The SMILES string of the molecule is CCC(C)Oc1cccc(Nc2ncc(C)[nH]2)c1. The summed E-state index contributed by atoms with van der Waals surface area (Å²) in [4.78, 5) is 7.34. The van der Waals surface area contributed by atoms with Gasteiger partial charge in [-0.1, -0.05) is 13.0 Å². The molecule has 0 radical (unpaired) electrons. The molecule has 0 aliphatic carbocycles. The molecule has 2 aromatic rings. The van der Waals surface area contributed by atoms with Gasteiger partial charge < -0.3 is 15.0 Å². The third-order valence-corrected chi connectivity index (χ3v) is 2.71. The van der Waals surface area contributed by atoms with Crippen LogP contribution in [0, 0.1) is 6.92 Å². The summed E-state index contributed by atoms with van der Waals surface area (Å²) < 4.78 is 5.78. The normalized spacial score (nSPS) is 12.2. The second-order valence-corrected chi connectivity index (χ2v) is 4.40. The van der Waals surface area contributed by atoms with E-state index in [2.05, 4.69) is 29.1 Å². The van der Waals surface area contributed by atoms with Gasteiger partial charge in [0.25, 0.3) is 0 Å². The fourth-order valence-corrected chi connectivity index (χ4v) is 1.58. The van der Waals surface area contributed by atoms with Crippen molar-refractivity contribution in [2.45, 2.75) is 33.3 Å². The lowest BCUT2D eigenvalue weighted by molar-refractivity contribution is 0.217. The number of benzene rings is 1. The fourth-order valence-electron chi connectivity index (χ4n) is 1.58. The summed E-state index contributed by atoms with van der Waals surface area (Å²) in [6.45, 7) is 6.15. The zero-order chi connectivity index (χ0) is 13.0. The van der Waals surface area contributed by atoms with Crippen LogP contribution in [0.5, 0.6) is 5.75 Å². The lowest BCUT2D eigenvalue weighted by atomic mass is 10.3. The summed E-state index contributed by atoms with van der Waals surface area (Å²) in [5.41, 5.74) is 2.00. The van der Waals surface area contributed by atoms with Crippen LogP contribution in [-0.2, 0) is 0 Å². The highest BCUT2D eigenvalue weighted by atomic mass is 16.5. The number of aromatic amines is 1. The van der Waals surface area contributed by atoms with E-state index in [0.717, 1.165) is 29.5 Å². The van der Waals surface area contributed by atoms with E-state index in [9.17, 15) is 0 Å². The number of hydrogen-bond acceptors (Lipinski definition) is 3. The van der Waals surface area contributed by atoms with Crippen molar-refractivity contribution in [1.82, 2.24) is 9.97 Å². The maximum absolute atomic E-state index is 5.78. The Balaban J connectivity index is 2.07. The number of aromatic nitrogens is 2. The Bertz CT molecular complexity index is 507. The standard InChI is InChI=1S/C14H19N3O/c1-4-11(3)18-13-7-5-6-12(8-13)17-14-15-9-10(2)16-14/h5-9,11H,4H2,1-3H3,(H2,15,16,17). The summed E-state index contributed by atoms with van der Waals surface area (Å²) >= 11 is 0. The summed E-state index contributed by atoms with van der Waals surface area (Å²) in [6, 6.07) is 7.89. The van der Waals surface area contributed by atoms with E-state index >= 15 is 0 Å². The molecule has 0 amide bonds. The number of hydrogen-bond donors (Lipinski definition) is 2. The Morgan fingerprint density at radius 2 is 2.28 bits per heavy atom. The molecule has 0 aliphatic heterocycles. The molecular weight excluding hydrogens is 226 g/mol. The van der Waals surface area contributed by atoms with Gasteiger partial charge in [-0.15, -0.1) is 0 Å². The van der Waals surface area contributed by atoms with Crippen molar-refractivity contribution in [3.05, 3.63) is 36.2 Å².